The summed E-state index contributed by atoms with van der Waals surface area (Å²) in [7, 11) is 1.95. The number of nitrogens with one attached hydrogen (secondary N) is 1. The lowest BCUT2D eigenvalue weighted by Gasteiger charge is -2.13. The zero-order chi connectivity index (χ0) is 12.7. The standard InChI is InChI=1S/C13H20BrNO2/c1-4-16-7-8-17-13-6-5-11(9-12(13)14)10(2)15-3/h5-6,9-10,15H,4,7-8H2,1-3H3. The second kappa shape index (κ2) is 7.69. The maximum absolute atomic E-state index is 5.61. The highest BCUT2D eigenvalue weighted by molar-refractivity contribution is 9.10. The molecule has 1 atom stereocenters. The Hall–Kier alpha value is -0.580. The molecule has 0 saturated carbocycles. The van der Waals surface area contributed by atoms with Gasteiger partial charge in [0.05, 0.1) is 11.1 Å². The van der Waals surface area contributed by atoms with Crippen molar-refractivity contribution in [3.05, 3.63) is 28.2 Å². The third kappa shape index (κ3) is 4.66. The molecule has 0 aromatic heterocycles. The van der Waals surface area contributed by atoms with Crippen molar-refractivity contribution in [1.29, 1.82) is 0 Å². The van der Waals surface area contributed by atoms with E-state index in [0.29, 0.717) is 19.3 Å². The molecule has 96 valence electrons. The zero-order valence-corrected chi connectivity index (χ0v) is 12.2. The molecule has 0 heterocycles. The topological polar surface area (TPSA) is 30.5 Å². The summed E-state index contributed by atoms with van der Waals surface area (Å²) in [4.78, 5) is 0. The largest absolute Gasteiger partial charge is 0.490 e. The van der Waals surface area contributed by atoms with Gasteiger partial charge in [0, 0.05) is 12.6 Å². The lowest BCUT2D eigenvalue weighted by Crippen LogP contribution is -2.12. The van der Waals surface area contributed by atoms with Crippen LogP contribution in [0.1, 0.15) is 25.5 Å². The molecular formula is C13H20BrNO2. The number of ether oxygens (including phenoxy) is 2. The summed E-state index contributed by atoms with van der Waals surface area (Å²) in [6.07, 6.45) is 0. The summed E-state index contributed by atoms with van der Waals surface area (Å²) in [5.74, 6) is 0.858. The summed E-state index contributed by atoms with van der Waals surface area (Å²) >= 11 is 3.52. The molecule has 0 amide bonds. The molecule has 0 bridgehead atoms. The third-order valence-electron chi connectivity index (χ3n) is 2.58. The van der Waals surface area contributed by atoms with Crippen LogP contribution < -0.4 is 10.1 Å². The Labute approximate surface area is 112 Å². The van der Waals surface area contributed by atoms with Crippen molar-refractivity contribution in [3.63, 3.8) is 0 Å². The van der Waals surface area contributed by atoms with Crippen LogP contribution in [0.2, 0.25) is 0 Å². The number of benzene rings is 1. The minimum absolute atomic E-state index is 0.337. The van der Waals surface area contributed by atoms with E-state index in [2.05, 4.69) is 40.3 Å². The summed E-state index contributed by atoms with van der Waals surface area (Å²) in [6, 6.07) is 6.47. The molecule has 3 nitrogen and oxygen atoms in total. The van der Waals surface area contributed by atoms with E-state index in [0.717, 1.165) is 16.8 Å². The van der Waals surface area contributed by atoms with Crippen LogP contribution >= 0.6 is 15.9 Å². The Bertz CT molecular complexity index is 344. The Morgan fingerprint density at radius 1 is 1.35 bits per heavy atom. The van der Waals surface area contributed by atoms with Crippen LogP contribution in [0.5, 0.6) is 5.75 Å². The predicted molar refractivity (Wildman–Crippen MR) is 73.6 cm³/mol. The number of hydrogen-bond donors (Lipinski definition) is 1. The fourth-order valence-corrected chi connectivity index (χ4v) is 1.94. The molecule has 1 aromatic rings. The Kier molecular flexibility index (Phi) is 6.55. The highest BCUT2D eigenvalue weighted by Crippen LogP contribution is 2.28. The van der Waals surface area contributed by atoms with Crippen molar-refractivity contribution in [3.8, 4) is 5.75 Å². The Morgan fingerprint density at radius 3 is 2.71 bits per heavy atom. The van der Waals surface area contributed by atoms with Gasteiger partial charge in [-0.2, -0.15) is 0 Å². The number of rotatable bonds is 7. The van der Waals surface area contributed by atoms with Crippen molar-refractivity contribution in [2.24, 2.45) is 0 Å². The van der Waals surface area contributed by atoms with Gasteiger partial charge in [-0.3, -0.25) is 0 Å². The lowest BCUT2D eigenvalue weighted by molar-refractivity contribution is 0.110. The first kappa shape index (κ1) is 14.5. The van der Waals surface area contributed by atoms with Crippen LogP contribution in [0.25, 0.3) is 0 Å². The monoisotopic (exact) mass is 301 g/mol. The molecule has 0 aliphatic carbocycles. The fourth-order valence-electron chi connectivity index (χ4n) is 1.43. The van der Waals surface area contributed by atoms with E-state index in [-0.39, 0.29) is 0 Å². The first-order valence-corrected chi connectivity index (χ1v) is 6.65. The second-order valence-electron chi connectivity index (χ2n) is 3.75. The molecule has 17 heavy (non-hydrogen) atoms. The van der Waals surface area contributed by atoms with Crippen LogP contribution in [0.3, 0.4) is 0 Å². The van der Waals surface area contributed by atoms with Crippen molar-refractivity contribution in [2.75, 3.05) is 26.9 Å². The molecule has 0 aliphatic heterocycles. The molecule has 0 radical (unpaired) electrons. The van der Waals surface area contributed by atoms with Gasteiger partial charge in [0.25, 0.3) is 0 Å². The van der Waals surface area contributed by atoms with Gasteiger partial charge in [-0.1, -0.05) is 6.07 Å². The van der Waals surface area contributed by atoms with Crippen molar-refractivity contribution in [1.82, 2.24) is 5.32 Å². The van der Waals surface area contributed by atoms with E-state index >= 15 is 0 Å². The number of hydrogen-bond acceptors (Lipinski definition) is 3. The molecule has 1 unspecified atom stereocenters. The Morgan fingerprint density at radius 2 is 2.12 bits per heavy atom. The molecule has 4 heteroatoms. The molecule has 0 fully saturated rings. The maximum atomic E-state index is 5.61. The average Bonchev–Trinajstić information content (AvgIpc) is 2.35. The lowest BCUT2D eigenvalue weighted by atomic mass is 10.1. The molecular weight excluding hydrogens is 282 g/mol. The molecule has 1 N–H and O–H groups in total. The highest BCUT2D eigenvalue weighted by Gasteiger charge is 2.06. The maximum Gasteiger partial charge on any atom is 0.133 e. The minimum atomic E-state index is 0.337. The van der Waals surface area contributed by atoms with Gasteiger partial charge in [-0.25, -0.2) is 0 Å². The molecule has 1 aromatic carbocycles. The fraction of sp³-hybridized carbons (Fsp3) is 0.538. The van der Waals surface area contributed by atoms with E-state index in [1.807, 2.05) is 20.0 Å². The Balaban J connectivity index is 2.57. The van der Waals surface area contributed by atoms with E-state index < -0.39 is 0 Å². The van der Waals surface area contributed by atoms with Crippen molar-refractivity contribution >= 4 is 15.9 Å². The first-order valence-electron chi connectivity index (χ1n) is 5.86. The van der Waals surface area contributed by atoms with Gasteiger partial charge in [0.1, 0.15) is 12.4 Å². The van der Waals surface area contributed by atoms with Crippen molar-refractivity contribution in [2.45, 2.75) is 19.9 Å². The van der Waals surface area contributed by atoms with Crippen LogP contribution in [-0.4, -0.2) is 26.9 Å². The highest BCUT2D eigenvalue weighted by atomic mass is 79.9. The molecule has 1 rings (SSSR count). The third-order valence-corrected chi connectivity index (χ3v) is 3.20. The quantitative estimate of drug-likeness (QED) is 0.785. The molecule has 0 spiro atoms. The smallest absolute Gasteiger partial charge is 0.133 e. The van der Waals surface area contributed by atoms with Gasteiger partial charge >= 0.3 is 0 Å². The number of halogens is 1. The minimum Gasteiger partial charge on any atom is -0.490 e. The predicted octanol–water partition coefficient (Wildman–Crippen LogP) is 3.14. The van der Waals surface area contributed by atoms with Gasteiger partial charge in [-0.15, -0.1) is 0 Å². The van der Waals surface area contributed by atoms with Crippen LogP contribution in [0.15, 0.2) is 22.7 Å². The summed E-state index contributed by atoms with van der Waals surface area (Å²) in [5, 5.41) is 3.21. The van der Waals surface area contributed by atoms with Crippen LogP contribution in [-0.2, 0) is 4.74 Å². The van der Waals surface area contributed by atoms with Crippen molar-refractivity contribution < 1.29 is 9.47 Å². The second-order valence-corrected chi connectivity index (χ2v) is 4.60. The average molecular weight is 302 g/mol. The SMILES string of the molecule is CCOCCOc1ccc(C(C)NC)cc1Br. The van der Waals surface area contributed by atoms with E-state index in [4.69, 9.17) is 9.47 Å². The normalized spacial score (nSPS) is 12.5. The summed E-state index contributed by atoms with van der Waals surface area (Å²) in [6.45, 7) is 6.02. The molecule has 0 aliphatic rings. The van der Waals surface area contributed by atoms with Gasteiger partial charge in [-0.05, 0) is 54.5 Å². The van der Waals surface area contributed by atoms with Crippen LogP contribution in [0, 0.1) is 0 Å². The van der Waals surface area contributed by atoms with Gasteiger partial charge in [0.15, 0.2) is 0 Å². The first-order chi connectivity index (χ1) is 8.19. The van der Waals surface area contributed by atoms with Gasteiger partial charge in [0.2, 0.25) is 0 Å². The molecule has 0 saturated heterocycles. The van der Waals surface area contributed by atoms with E-state index in [9.17, 15) is 0 Å². The van der Waals surface area contributed by atoms with E-state index in [1.54, 1.807) is 0 Å². The summed E-state index contributed by atoms with van der Waals surface area (Å²) in [5.41, 5.74) is 1.23. The van der Waals surface area contributed by atoms with E-state index in [1.165, 1.54) is 5.56 Å². The van der Waals surface area contributed by atoms with Crippen LogP contribution in [0.4, 0.5) is 0 Å². The van der Waals surface area contributed by atoms with Gasteiger partial charge < -0.3 is 14.8 Å². The zero-order valence-electron chi connectivity index (χ0n) is 10.6. The summed E-state index contributed by atoms with van der Waals surface area (Å²) < 4.78 is 11.8.